The Kier molecular flexibility index (Phi) is 8.24. The summed E-state index contributed by atoms with van der Waals surface area (Å²) in [6.45, 7) is 3.47. The van der Waals surface area contributed by atoms with E-state index in [1.165, 1.54) is 17.8 Å². The van der Waals surface area contributed by atoms with E-state index in [0.717, 1.165) is 21.0 Å². The molecule has 0 fully saturated rings. The highest BCUT2D eigenvalue weighted by atomic mass is 32.2. The fourth-order valence-electron chi connectivity index (χ4n) is 4.05. The van der Waals surface area contributed by atoms with E-state index in [-0.39, 0.29) is 17.3 Å². The molecule has 3 aromatic carbocycles. The molecule has 5 N–H and O–H groups in total. The first-order valence-corrected chi connectivity index (χ1v) is 15.6. The number of sulfonamides is 1. The number of carbonyl (C=O) groups excluding carboxylic acids is 2. The Bertz CT molecular complexity index is 1470. The van der Waals surface area contributed by atoms with Gasteiger partial charge < -0.3 is 16.0 Å². The summed E-state index contributed by atoms with van der Waals surface area (Å²) in [5, 5.41) is 8.23. The summed E-state index contributed by atoms with van der Waals surface area (Å²) in [5.41, 5.74) is 7.65. The average molecular weight is 571 g/mol. The number of nitrogens with two attached hydrogens (primary N) is 2. The Morgan fingerprint density at radius 1 is 1.13 bits per heavy atom. The minimum atomic E-state index is -3.89. The fraction of sp³-hybridized carbons (Fsp3) is 0.259. The molecule has 3 aromatic rings. The molecule has 0 saturated carbocycles. The van der Waals surface area contributed by atoms with E-state index in [0.29, 0.717) is 16.9 Å². The van der Waals surface area contributed by atoms with E-state index in [4.69, 9.17) is 10.9 Å². The van der Waals surface area contributed by atoms with Crippen molar-refractivity contribution in [1.29, 1.82) is 0 Å². The van der Waals surface area contributed by atoms with Gasteiger partial charge in [-0.05, 0) is 55.5 Å². The lowest BCUT2D eigenvalue weighted by atomic mass is 10.0. The zero-order valence-corrected chi connectivity index (χ0v) is 23.8. The number of fused-ring (bicyclic) bond motifs is 1. The number of hydrogen-bond acceptors (Lipinski definition) is 7. The van der Waals surface area contributed by atoms with Gasteiger partial charge in [-0.3, -0.25) is 9.59 Å². The fourth-order valence-corrected chi connectivity index (χ4v) is 6.43. The van der Waals surface area contributed by atoms with Gasteiger partial charge in [0.25, 0.3) is 5.91 Å². The molecular formula is C27H30N4O4S3. The standard InChI is InChI=1S/C27H30N4O4S3/c1-27(2,28)26(33)30-21-16-37-23-14-19(36-3)12-13-22(23)31(25(21)32)15-17-8-10-18(11-9-17)20-6-4-5-7-24(20)38(29,34)35/h4-14,21H,15-16,28H2,1-3H3,(H,30,33)(H2,29,34,35)/t21-/m1/s1. The van der Waals surface area contributed by atoms with Crippen molar-refractivity contribution in [3.8, 4) is 11.1 Å². The number of primary sulfonamides is 1. The van der Waals surface area contributed by atoms with Crippen LogP contribution in [-0.4, -0.2) is 43.8 Å². The van der Waals surface area contributed by atoms with Gasteiger partial charge in [0.05, 0.1) is 22.7 Å². The van der Waals surface area contributed by atoms with Crippen LogP contribution in [0, 0.1) is 0 Å². The van der Waals surface area contributed by atoms with Crippen LogP contribution in [0.5, 0.6) is 0 Å². The van der Waals surface area contributed by atoms with Gasteiger partial charge in [-0.15, -0.1) is 23.5 Å². The quantitative estimate of drug-likeness (QED) is 0.370. The summed E-state index contributed by atoms with van der Waals surface area (Å²) in [7, 11) is -3.89. The Hall–Kier alpha value is -2.83. The van der Waals surface area contributed by atoms with Crippen LogP contribution < -0.4 is 21.1 Å². The number of nitrogens with zero attached hydrogens (tertiary/aromatic N) is 1. The highest BCUT2D eigenvalue weighted by Gasteiger charge is 2.34. The van der Waals surface area contributed by atoms with E-state index in [2.05, 4.69) is 11.4 Å². The Balaban J connectivity index is 1.67. The lowest BCUT2D eigenvalue weighted by Gasteiger charge is -2.28. The molecule has 8 nitrogen and oxygen atoms in total. The smallest absolute Gasteiger partial charge is 0.250 e. The highest BCUT2D eigenvalue weighted by molar-refractivity contribution is 8.00. The van der Waals surface area contributed by atoms with E-state index in [9.17, 15) is 18.0 Å². The Labute approximate surface area is 231 Å². The van der Waals surface area contributed by atoms with Gasteiger partial charge in [-0.2, -0.15) is 0 Å². The lowest BCUT2D eigenvalue weighted by molar-refractivity contribution is -0.129. The largest absolute Gasteiger partial charge is 0.342 e. The van der Waals surface area contributed by atoms with Crippen molar-refractivity contribution in [3.05, 3.63) is 72.3 Å². The highest BCUT2D eigenvalue weighted by Crippen LogP contribution is 2.38. The topological polar surface area (TPSA) is 136 Å². The predicted octanol–water partition coefficient (Wildman–Crippen LogP) is 3.58. The third kappa shape index (κ3) is 6.24. The number of amides is 2. The van der Waals surface area contributed by atoms with Crippen molar-refractivity contribution in [1.82, 2.24) is 5.32 Å². The van der Waals surface area contributed by atoms with Crippen molar-refractivity contribution in [2.24, 2.45) is 10.9 Å². The second-order valence-corrected chi connectivity index (χ2v) is 13.0. The Morgan fingerprint density at radius 2 is 1.82 bits per heavy atom. The summed E-state index contributed by atoms with van der Waals surface area (Å²) in [4.78, 5) is 30.1. The first kappa shape index (κ1) is 28.2. The first-order valence-electron chi connectivity index (χ1n) is 11.8. The minimum absolute atomic E-state index is 0.0485. The van der Waals surface area contributed by atoms with Crippen LogP contribution in [0.4, 0.5) is 5.69 Å². The number of anilines is 1. The molecule has 0 unspecified atom stereocenters. The zero-order valence-electron chi connectivity index (χ0n) is 21.3. The van der Waals surface area contributed by atoms with Gasteiger partial charge in [-0.25, -0.2) is 13.6 Å². The molecule has 0 bridgehead atoms. The molecule has 1 aliphatic rings. The van der Waals surface area contributed by atoms with Gasteiger partial charge in [0.15, 0.2) is 0 Å². The van der Waals surface area contributed by atoms with Crippen molar-refractivity contribution in [2.75, 3.05) is 16.9 Å². The zero-order chi connectivity index (χ0) is 27.7. The number of carbonyl (C=O) groups is 2. The van der Waals surface area contributed by atoms with Crippen LogP contribution in [0.2, 0.25) is 0 Å². The molecule has 11 heteroatoms. The van der Waals surface area contributed by atoms with Crippen molar-refractivity contribution >= 4 is 51.0 Å². The summed E-state index contributed by atoms with van der Waals surface area (Å²) < 4.78 is 24.1. The van der Waals surface area contributed by atoms with Gasteiger partial charge in [0, 0.05) is 21.1 Å². The van der Waals surface area contributed by atoms with Crippen LogP contribution in [0.25, 0.3) is 11.1 Å². The number of thioether (sulfide) groups is 2. The van der Waals surface area contributed by atoms with E-state index in [1.807, 2.05) is 42.7 Å². The predicted molar refractivity (Wildman–Crippen MR) is 154 cm³/mol. The molecule has 2 amide bonds. The summed E-state index contributed by atoms with van der Waals surface area (Å²) in [5.74, 6) is -0.245. The molecule has 0 aliphatic carbocycles. The van der Waals surface area contributed by atoms with Gasteiger partial charge >= 0.3 is 0 Å². The third-order valence-corrected chi connectivity index (χ3v) is 8.95. The molecule has 1 aliphatic heterocycles. The second kappa shape index (κ2) is 11.1. The molecule has 0 radical (unpaired) electrons. The maximum absolute atomic E-state index is 13.7. The number of nitrogens with one attached hydrogen (secondary N) is 1. The number of benzene rings is 3. The van der Waals surface area contributed by atoms with Crippen LogP contribution >= 0.6 is 23.5 Å². The van der Waals surface area contributed by atoms with E-state index >= 15 is 0 Å². The molecule has 38 heavy (non-hydrogen) atoms. The van der Waals surface area contributed by atoms with Gasteiger partial charge in [-0.1, -0.05) is 42.5 Å². The minimum Gasteiger partial charge on any atom is -0.342 e. The van der Waals surface area contributed by atoms with Crippen LogP contribution in [0.15, 0.2) is 81.4 Å². The van der Waals surface area contributed by atoms with Crippen molar-refractivity contribution in [3.63, 3.8) is 0 Å². The summed E-state index contributed by atoms with van der Waals surface area (Å²) >= 11 is 3.14. The normalized spacial score (nSPS) is 16.1. The molecule has 4 rings (SSSR count). The molecule has 0 saturated heterocycles. The maximum Gasteiger partial charge on any atom is 0.250 e. The molecule has 0 aromatic heterocycles. The average Bonchev–Trinajstić information content (AvgIpc) is 3.00. The van der Waals surface area contributed by atoms with E-state index in [1.54, 1.807) is 48.7 Å². The van der Waals surface area contributed by atoms with Crippen LogP contribution in [-0.2, 0) is 26.2 Å². The summed E-state index contributed by atoms with van der Waals surface area (Å²) in [6, 6.07) is 19.1. The van der Waals surface area contributed by atoms with Gasteiger partial charge in [0.1, 0.15) is 6.04 Å². The molecule has 1 heterocycles. The SMILES string of the molecule is CSc1ccc2c(c1)SC[C@@H](NC(=O)C(C)(C)N)C(=O)N2Cc1ccc(-c2ccccc2S(N)(=O)=O)cc1. The van der Waals surface area contributed by atoms with E-state index < -0.39 is 27.5 Å². The molecule has 1 atom stereocenters. The van der Waals surface area contributed by atoms with Crippen LogP contribution in [0.3, 0.4) is 0 Å². The van der Waals surface area contributed by atoms with Crippen LogP contribution in [0.1, 0.15) is 19.4 Å². The monoisotopic (exact) mass is 570 g/mol. The number of hydrogen-bond donors (Lipinski definition) is 3. The second-order valence-electron chi connectivity index (χ2n) is 9.55. The lowest BCUT2D eigenvalue weighted by Crippen LogP contribution is -2.56. The number of rotatable bonds is 7. The third-order valence-electron chi connectivity index (χ3n) is 6.12. The summed E-state index contributed by atoms with van der Waals surface area (Å²) in [6.07, 6.45) is 1.99. The first-order chi connectivity index (χ1) is 17.9. The van der Waals surface area contributed by atoms with Crippen molar-refractivity contribution < 1.29 is 18.0 Å². The molecule has 200 valence electrons. The van der Waals surface area contributed by atoms with Gasteiger partial charge in [0.2, 0.25) is 15.9 Å². The Morgan fingerprint density at radius 3 is 2.45 bits per heavy atom. The van der Waals surface area contributed by atoms with Crippen molar-refractivity contribution in [2.45, 2.75) is 46.7 Å². The molecular weight excluding hydrogens is 541 g/mol. The maximum atomic E-state index is 13.7. The molecule has 0 spiro atoms.